The van der Waals surface area contributed by atoms with Gasteiger partial charge in [0, 0.05) is 25.2 Å². The van der Waals surface area contributed by atoms with E-state index in [9.17, 15) is 14.3 Å². The fourth-order valence-corrected chi connectivity index (χ4v) is 3.26. The van der Waals surface area contributed by atoms with Crippen molar-refractivity contribution in [1.82, 2.24) is 10.2 Å². The Balaban J connectivity index is 1.48. The van der Waals surface area contributed by atoms with Crippen molar-refractivity contribution in [1.29, 1.82) is 0 Å². The number of piperidine rings is 1. The minimum absolute atomic E-state index is 0.157. The number of likely N-dealkylation sites (tertiary alicyclic amines) is 1. The zero-order valence-corrected chi connectivity index (χ0v) is 14.1. The van der Waals surface area contributed by atoms with E-state index in [0.29, 0.717) is 18.0 Å². The van der Waals surface area contributed by atoms with Crippen molar-refractivity contribution < 1.29 is 14.3 Å². The number of phenols is 1. The van der Waals surface area contributed by atoms with Crippen LogP contribution in [0.2, 0.25) is 0 Å². The van der Waals surface area contributed by atoms with Gasteiger partial charge in [-0.1, -0.05) is 12.1 Å². The van der Waals surface area contributed by atoms with Gasteiger partial charge in [-0.2, -0.15) is 0 Å². The molecule has 5 heteroatoms. The van der Waals surface area contributed by atoms with Crippen LogP contribution in [0.4, 0.5) is 4.39 Å². The third-order valence-corrected chi connectivity index (χ3v) is 4.60. The quantitative estimate of drug-likeness (QED) is 0.877. The van der Waals surface area contributed by atoms with Crippen LogP contribution in [-0.2, 0) is 6.54 Å². The van der Waals surface area contributed by atoms with Crippen molar-refractivity contribution >= 4 is 5.91 Å². The molecule has 2 aromatic rings. The Bertz CT molecular complexity index is 701. The van der Waals surface area contributed by atoms with Gasteiger partial charge in [0.2, 0.25) is 0 Å². The highest BCUT2D eigenvalue weighted by molar-refractivity contribution is 5.94. The Kier molecular flexibility index (Phi) is 5.66. The van der Waals surface area contributed by atoms with Gasteiger partial charge in [-0.05, 0) is 67.3 Å². The lowest BCUT2D eigenvalue weighted by atomic mass is 9.97. The second-order valence-electron chi connectivity index (χ2n) is 6.63. The average Bonchev–Trinajstić information content (AvgIpc) is 2.63. The van der Waals surface area contributed by atoms with Crippen molar-refractivity contribution in [3.8, 4) is 5.75 Å². The average molecular weight is 342 g/mol. The monoisotopic (exact) mass is 342 g/mol. The summed E-state index contributed by atoms with van der Waals surface area (Å²) < 4.78 is 12.9. The van der Waals surface area contributed by atoms with E-state index >= 15 is 0 Å². The lowest BCUT2D eigenvalue weighted by Gasteiger charge is -2.32. The van der Waals surface area contributed by atoms with Gasteiger partial charge >= 0.3 is 0 Å². The Morgan fingerprint density at radius 1 is 1.16 bits per heavy atom. The number of rotatable bonds is 5. The van der Waals surface area contributed by atoms with E-state index in [0.717, 1.165) is 32.5 Å². The highest BCUT2D eigenvalue weighted by Crippen LogP contribution is 2.19. The normalized spacial score (nSPS) is 18.0. The maximum absolute atomic E-state index is 12.9. The van der Waals surface area contributed by atoms with Crippen LogP contribution < -0.4 is 5.32 Å². The fraction of sp³-hybridized carbons (Fsp3) is 0.350. The minimum atomic E-state index is -0.339. The number of halogens is 1. The summed E-state index contributed by atoms with van der Waals surface area (Å²) in [4.78, 5) is 14.5. The first-order chi connectivity index (χ1) is 12.1. The Morgan fingerprint density at radius 3 is 2.60 bits per heavy atom. The predicted molar refractivity (Wildman–Crippen MR) is 94.8 cm³/mol. The summed E-state index contributed by atoms with van der Waals surface area (Å²) in [7, 11) is 0. The van der Waals surface area contributed by atoms with Crippen molar-refractivity contribution in [2.24, 2.45) is 5.92 Å². The molecule has 0 radical (unpaired) electrons. The zero-order valence-electron chi connectivity index (χ0n) is 14.1. The SMILES string of the molecule is O=C(NC[C@@H]1CCCN(Cc2ccc(O)cc2)C1)c1ccc(F)cc1. The maximum Gasteiger partial charge on any atom is 0.251 e. The third-order valence-electron chi connectivity index (χ3n) is 4.60. The van der Waals surface area contributed by atoms with E-state index in [1.165, 1.54) is 29.8 Å². The molecular formula is C20H23FN2O2. The molecule has 3 rings (SSSR count). The number of amides is 1. The van der Waals surface area contributed by atoms with Gasteiger partial charge in [0.05, 0.1) is 0 Å². The van der Waals surface area contributed by atoms with Gasteiger partial charge in [0.25, 0.3) is 5.91 Å². The topological polar surface area (TPSA) is 52.6 Å². The lowest BCUT2D eigenvalue weighted by Crippen LogP contribution is -2.40. The van der Waals surface area contributed by atoms with Crippen LogP contribution in [0.25, 0.3) is 0 Å². The van der Waals surface area contributed by atoms with Crippen LogP contribution in [0, 0.1) is 11.7 Å². The number of nitrogens with zero attached hydrogens (tertiary/aromatic N) is 1. The van der Waals surface area contributed by atoms with Gasteiger partial charge in [0.15, 0.2) is 0 Å². The number of carbonyl (C=O) groups is 1. The summed E-state index contributed by atoms with van der Waals surface area (Å²) >= 11 is 0. The number of nitrogens with one attached hydrogen (secondary N) is 1. The molecule has 1 heterocycles. The second-order valence-corrected chi connectivity index (χ2v) is 6.63. The first kappa shape index (κ1) is 17.4. The molecule has 0 spiro atoms. The summed E-state index contributed by atoms with van der Waals surface area (Å²) in [6.45, 7) is 3.46. The van der Waals surface area contributed by atoms with Crippen LogP contribution in [-0.4, -0.2) is 35.5 Å². The van der Waals surface area contributed by atoms with Crippen LogP contribution >= 0.6 is 0 Å². The number of hydrogen-bond donors (Lipinski definition) is 2. The largest absolute Gasteiger partial charge is 0.508 e. The molecule has 1 atom stereocenters. The van der Waals surface area contributed by atoms with Crippen molar-refractivity contribution in [3.63, 3.8) is 0 Å². The van der Waals surface area contributed by atoms with Crippen molar-refractivity contribution in [2.75, 3.05) is 19.6 Å². The lowest BCUT2D eigenvalue weighted by molar-refractivity contribution is 0.0930. The predicted octanol–water partition coefficient (Wildman–Crippen LogP) is 3.17. The first-order valence-corrected chi connectivity index (χ1v) is 8.64. The molecular weight excluding hydrogens is 319 g/mol. The molecule has 1 saturated heterocycles. The molecule has 132 valence electrons. The van der Waals surface area contributed by atoms with Crippen LogP contribution in [0.15, 0.2) is 48.5 Å². The standard InChI is InChI=1S/C20H23FN2O2/c21-18-7-5-17(6-8-18)20(25)22-12-16-2-1-11-23(14-16)13-15-3-9-19(24)10-4-15/h3-10,16,24H,1-2,11-14H2,(H,22,25)/t16-/m0/s1. The van der Waals surface area contributed by atoms with E-state index in [4.69, 9.17) is 0 Å². The zero-order chi connectivity index (χ0) is 17.6. The molecule has 1 aliphatic rings. The first-order valence-electron chi connectivity index (χ1n) is 8.64. The van der Waals surface area contributed by atoms with Crippen LogP contribution in [0.3, 0.4) is 0 Å². The maximum atomic E-state index is 12.9. The van der Waals surface area contributed by atoms with Gasteiger partial charge in [0.1, 0.15) is 11.6 Å². The number of aromatic hydroxyl groups is 1. The van der Waals surface area contributed by atoms with Crippen LogP contribution in [0.1, 0.15) is 28.8 Å². The van der Waals surface area contributed by atoms with Crippen molar-refractivity contribution in [2.45, 2.75) is 19.4 Å². The summed E-state index contributed by atoms with van der Waals surface area (Å²) in [5, 5.41) is 12.3. The Hall–Kier alpha value is -2.40. The van der Waals surface area contributed by atoms with E-state index in [-0.39, 0.29) is 17.5 Å². The number of hydrogen-bond acceptors (Lipinski definition) is 3. The van der Waals surface area contributed by atoms with Gasteiger partial charge in [-0.25, -0.2) is 4.39 Å². The van der Waals surface area contributed by atoms with E-state index in [2.05, 4.69) is 10.2 Å². The number of carbonyl (C=O) groups excluding carboxylic acids is 1. The molecule has 0 bridgehead atoms. The molecule has 4 nitrogen and oxygen atoms in total. The van der Waals surface area contributed by atoms with Gasteiger partial charge in [-0.15, -0.1) is 0 Å². The van der Waals surface area contributed by atoms with E-state index < -0.39 is 0 Å². The summed E-state index contributed by atoms with van der Waals surface area (Å²) in [6.07, 6.45) is 2.20. The smallest absolute Gasteiger partial charge is 0.251 e. The molecule has 1 amide bonds. The molecule has 0 unspecified atom stereocenters. The fourth-order valence-electron chi connectivity index (χ4n) is 3.26. The minimum Gasteiger partial charge on any atom is -0.508 e. The molecule has 0 aliphatic carbocycles. The highest BCUT2D eigenvalue weighted by atomic mass is 19.1. The molecule has 1 aliphatic heterocycles. The van der Waals surface area contributed by atoms with E-state index in [1.54, 1.807) is 12.1 Å². The van der Waals surface area contributed by atoms with Crippen molar-refractivity contribution in [3.05, 3.63) is 65.5 Å². The molecule has 25 heavy (non-hydrogen) atoms. The third kappa shape index (κ3) is 5.03. The second kappa shape index (κ2) is 8.12. The van der Waals surface area contributed by atoms with Crippen LogP contribution in [0.5, 0.6) is 5.75 Å². The summed E-state index contributed by atoms with van der Waals surface area (Å²) in [5.74, 6) is 0.198. The summed E-state index contributed by atoms with van der Waals surface area (Å²) in [6, 6.07) is 12.9. The Labute approximate surface area is 147 Å². The number of benzene rings is 2. The molecule has 1 fully saturated rings. The molecule has 0 saturated carbocycles. The molecule has 2 N–H and O–H groups in total. The summed E-state index contributed by atoms with van der Waals surface area (Å²) in [5.41, 5.74) is 1.66. The van der Waals surface area contributed by atoms with Gasteiger partial charge in [-0.3, -0.25) is 9.69 Å². The molecule has 2 aromatic carbocycles. The molecule has 0 aromatic heterocycles. The van der Waals surface area contributed by atoms with E-state index in [1.807, 2.05) is 12.1 Å². The highest BCUT2D eigenvalue weighted by Gasteiger charge is 2.20. The van der Waals surface area contributed by atoms with Gasteiger partial charge < -0.3 is 10.4 Å². The number of phenolic OH excluding ortho intramolecular Hbond substituents is 1. The Morgan fingerprint density at radius 2 is 1.88 bits per heavy atom.